The maximum atomic E-state index is 6.21. The van der Waals surface area contributed by atoms with Gasteiger partial charge in [0, 0.05) is 28.5 Å². The molecule has 0 saturated heterocycles. The predicted molar refractivity (Wildman–Crippen MR) is 124 cm³/mol. The van der Waals surface area contributed by atoms with Crippen molar-refractivity contribution in [2.45, 2.75) is 32.9 Å². The molecule has 2 heterocycles. The van der Waals surface area contributed by atoms with Gasteiger partial charge >= 0.3 is 0 Å². The monoisotopic (exact) mass is 413 g/mol. The van der Waals surface area contributed by atoms with Gasteiger partial charge in [0.2, 0.25) is 0 Å². The van der Waals surface area contributed by atoms with Gasteiger partial charge in [-0.05, 0) is 60.9 Å². The van der Waals surface area contributed by atoms with Crippen LogP contribution in [0, 0.1) is 13.8 Å². The summed E-state index contributed by atoms with van der Waals surface area (Å²) in [6.45, 7) is 5.78. The first-order valence-electron chi connectivity index (χ1n) is 10.9. The minimum absolute atomic E-state index is 0.251. The summed E-state index contributed by atoms with van der Waals surface area (Å²) >= 11 is 0. The van der Waals surface area contributed by atoms with E-state index in [2.05, 4.69) is 72.7 Å². The number of H-pyrrole nitrogens is 1. The summed E-state index contributed by atoms with van der Waals surface area (Å²) in [5.74, 6) is 1.79. The molecule has 4 heteroatoms. The largest absolute Gasteiger partial charge is 0.496 e. The number of hydrogen-bond acceptors (Lipinski definition) is 2. The zero-order chi connectivity index (χ0) is 21.4. The molecule has 1 aliphatic rings. The number of aromatic amines is 1. The summed E-state index contributed by atoms with van der Waals surface area (Å²) in [6.07, 6.45) is 1.09. The molecule has 1 aromatic heterocycles. The SMILES string of the molecule is COc1ccc([C@@H]2[NH2+]CCc3c2[nH]c2ccccc32)cc1COc1cccc(C)c1C. The summed E-state index contributed by atoms with van der Waals surface area (Å²) in [6, 6.07) is 21.5. The number of nitrogens with two attached hydrogens (primary N) is 1. The first-order chi connectivity index (χ1) is 15.2. The summed E-state index contributed by atoms with van der Waals surface area (Å²) in [5.41, 5.74) is 8.75. The van der Waals surface area contributed by atoms with Gasteiger partial charge in [-0.1, -0.05) is 30.3 Å². The fourth-order valence-corrected chi connectivity index (χ4v) is 4.71. The second kappa shape index (κ2) is 8.12. The fourth-order valence-electron chi connectivity index (χ4n) is 4.71. The Bertz CT molecular complexity index is 1240. The molecule has 0 unspecified atom stereocenters. The van der Waals surface area contributed by atoms with Crippen LogP contribution in [0.2, 0.25) is 0 Å². The second-order valence-corrected chi connectivity index (χ2v) is 8.37. The van der Waals surface area contributed by atoms with Crippen LogP contribution in [-0.4, -0.2) is 18.6 Å². The van der Waals surface area contributed by atoms with Crippen molar-refractivity contribution in [2.75, 3.05) is 13.7 Å². The molecule has 0 spiro atoms. The van der Waals surface area contributed by atoms with Crippen LogP contribution in [0.15, 0.2) is 60.7 Å². The van der Waals surface area contributed by atoms with Gasteiger partial charge in [-0.2, -0.15) is 0 Å². The molecule has 0 aliphatic carbocycles. The van der Waals surface area contributed by atoms with Crippen molar-refractivity contribution in [3.8, 4) is 11.5 Å². The Labute approximate surface area is 183 Å². The van der Waals surface area contributed by atoms with Crippen LogP contribution in [0.3, 0.4) is 0 Å². The zero-order valence-corrected chi connectivity index (χ0v) is 18.4. The zero-order valence-electron chi connectivity index (χ0n) is 18.4. The number of benzene rings is 3. The second-order valence-electron chi connectivity index (χ2n) is 8.37. The van der Waals surface area contributed by atoms with Crippen LogP contribution in [-0.2, 0) is 13.0 Å². The number of aryl methyl sites for hydroxylation is 1. The van der Waals surface area contributed by atoms with Crippen molar-refractivity contribution in [1.29, 1.82) is 0 Å². The van der Waals surface area contributed by atoms with Crippen LogP contribution in [0.1, 0.15) is 39.6 Å². The van der Waals surface area contributed by atoms with Gasteiger partial charge in [-0.15, -0.1) is 0 Å². The van der Waals surface area contributed by atoms with E-state index in [1.54, 1.807) is 7.11 Å². The molecule has 1 aliphatic heterocycles. The molecule has 158 valence electrons. The van der Waals surface area contributed by atoms with E-state index >= 15 is 0 Å². The van der Waals surface area contributed by atoms with Gasteiger partial charge < -0.3 is 19.8 Å². The molecule has 1 atom stereocenters. The number of rotatable bonds is 5. The van der Waals surface area contributed by atoms with Gasteiger partial charge in [-0.25, -0.2) is 0 Å². The van der Waals surface area contributed by atoms with Crippen molar-refractivity contribution in [3.63, 3.8) is 0 Å². The Morgan fingerprint density at radius 3 is 2.74 bits per heavy atom. The molecular weight excluding hydrogens is 384 g/mol. The third kappa shape index (κ3) is 3.57. The van der Waals surface area contributed by atoms with E-state index in [9.17, 15) is 0 Å². The Morgan fingerprint density at radius 2 is 1.87 bits per heavy atom. The number of methoxy groups -OCH3 is 1. The van der Waals surface area contributed by atoms with Crippen molar-refractivity contribution in [1.82, 2.24) is 4.98 Å². The predicted octanol–water partition coefficient (Wildman–Crippen LogP) is 4.58. The minimum atomic E-state index is 0.251. The van der Waals surface area contributed by atoms with E-state index in [0.717, 1.165) is 30.0 Å². The van der Waals surface area contributed by atoms with E-state index in [0.29, 0.717) is 6.61 Å². The smallest absolute Gasteiger partial charge is 0.153 e. The van der Waals surface area contributed by atoms with E-state index in [4.69, 9.17) is 9.47 Å². The molecule has 0 radical (unpaired) electrons. The van der Waals surface area contributed by atoms with Gasteiger partial charge in [0.05, 0.1) is 19.3 Å². The highest BCUT2D eigenvalue weighted by Crippen LogP contribution is 2.33. The highest BCUT2D eigenvalue weighted by atomic mass is 16.5. The number of ether oxygens (including phenoxy) is 2. The molecular formula is C27H29N2O2+. The Hall–Kier alpha value is -3.24. The van der Waals surface area contributed by atoms with Crippen LogP contribution >= 0.6 is 0 Å². The molecule has 0 saturated carbocycles. The number of aromatic nitrogens is 1. The summed E-state index contributed by atoms with van der Waals surface area (Å²) in [5, 5.41) is 3.78. The standard InChI is InChI=1S/C27H28N2O2/c1-17-7-6-10-24(18(17)2)31-16-20-15-19(11-12-25(20)30-3)26-27-22(13-14-28-26)21-8-4-5-9-23(21)29-27/h4-12,15,26,28-29H,13-14,16H2,1-3H3/p+1/t26-/m0/s1. The maximum absolute atomic E-state index is 6.21. The van der Waals surface area contributed by atoms with E-state index in [-0.39, 0.29) is 6.04 Å². The number of quaternary nitrogens is 1. The lowest BCUT2D eigenvalue weighted by Gasteiger charge is -2.22. The number of hydrogen-bond donors (Lipinski definition) is 2. The molecule has 0 bridgehead atoms. The molecule has 5 rings (SSSR count). The van der Waals surface area contributed by atoms with E-state index in [1.807, 2.05) is 12.1 Å². The lowest BCUT2D eigenvalue weighted by molar-refractivity contribution is -0.690. The molecule has 3 N–H and O–H groups in total. The lowest BCUT2D eigenvalue weighted by Crippen LogP contribution is -2.87. The highest BCUT2D eigenvalue weighted by molar-refractivity contribution is 5.85. The van der Waals surface area contributed by atoms with Crippen LogP contribution in [0.5, 0.6) is 11.5 Å². The average Bonchev–Trinajstić information content (AvgIpc) is 3.19. The Kier molecular flexibility index (Phi) is 5.16. The highest BCUT2D eigenvalue weighted by Gasteiger charge is 2.29. The van der Waals surface area contributed by atoms with Gasteiger partial charge in [0.15, 0.2) is 6.04 Å². The average molecular weight is 414 g/mol. The van der Waals surface area contributed by atoms with Crippen LogP contribution in [0.4, 0.5) is 0 Å². The Morgan fingerprint density at radius 1 is 1.00 bits per heavy atom. The van der Waals surface area contributed by atoms with Gasteiger partial charge in [-0.3, -0.25) is 0 Å². The summed E-state index contributed by atoms with van der Waals surface area (Å²) in [4.78, 5) is 3.69. The van der Waals surface area contributed by atoms with Crippen molar-refractivity contribution in [2.24, 2.45) is 0 Å². The van der Waals surface area contributed by atoms with Crippen molar-refractivity contribution < 1.29 is 14.8 Å². The minimum Gasteiger partial charge on any atom is -0.496 e. The maximum Gasteiger partial charge on any atom is 0.153 e. The normalized spacial score (nSPS) is 15.6. The third-order valence-electron chi connectivity index (χ3n) is 6.56. The Balaban J connectivity index is 1.48. The quantitative estimate of drug-likeness (QED) is 0.503. The van der Waals surface area contributed by atoms with Crippen molar-refractivity contribution in [3.05, 3.63) is 94.2 Å². The topological polar surface area (TPSA) is 50.9 Å². The number of para-hydroxylation sites is 1. The number of fused-ring (bicyclic) bond motifs is 3. The van der Waals surface area contributed by atoms with Crippen LogP contribution < -0.4 is 14.8 Å². The van der Waals surface area contributed by atoms with Gasteiger partial charge in [0.25, 0.3) is 0 Å². The summed E-state index contributed by atoms with van der Waals surface area (Å²) in [7, 11) is 1.72. The lowest BCUT2D eigenvalue weighted by atomic mass is 9.93. The van der Waals surface area contributed by atoms with Crippen molar-refractivity contribution >= 4 is 10.9 Å². The molecule has 4 aromatic rings. The fraction of sp³-hybridized carbons (Fsp3) is 0.259. The molecule has 0 fully saturated rings. The summed E-state index contributed by atoms with van der Waals surface area (Å²) < 4.78 is 11.9. The van der Waals surface area contributed by atoms with Crippen LogP contribution in [0.25, 0.3) is 10.9 Å². The van der Waals surface area contributed by atoms with Gasteiger partial charge in [0.1, 0.15) is 18.1 Å². The molecule has 3 aromatic carbocycles. The first-order valence-corrected chi connectivity index (χ1v) is 10.9. The third-order valence-corrected chi connectivity index (χ3v) is 6.56. The first kappa shape index (κ1) is 19.7. The molecule has 31 heavy (non-hydrogen) atoms. The van der Waals surface area contributed by atoms with E-state index in [1.165, 1.54) is 38.9 Å². The molecule has 4 nitrogen and oxygen atoms in total. The molecule has 0 amide bonds. The van der Waals surface area contributed by atoms with E-state index < -0.39 is 0 Å². The number of nitrogens with one attached hydrogen (secondary N) is 1.